The predicted molar refractivity (Wildman–Crippen MR) is 137 cm³/mol. The molecule has 0 aliphatic rings. The lowest BCUT2D eigenvalue weighted by atomic mass is 9.90. The maximum absolute atomic E-state index is 10.1. The third-order valence-electron chi connectivity index (χ3n) is 6.38. The first kappa shape index (κ1) is 27.4. The van der Waals surface area contributed by atoms with Gasteiger partial charge in [-0.3, -0.25) is 0 Å². The second kappa shape index (κ2) is 19.1. The molecule has 0 saturated carbocycles. The van der Waals surface area contributed by atoms with E-state index in [0.29, 0.717) is 5.75 Å². The summed E-state index contributed by atoms with van der Waals surface area (Å²) in [6.45, 7) is 6.70. The Kier molecular flexibility index (Phi) is 17.4. The summed E-state index contributed by atoms with van der Waals surface area (Å²) in [5.74, 6) is 2.49. The van der Waals surface area contributed by atoms with E-state index in [-0.39, 0.29) is 0 Å². The Bertz CT molecular complexity index is 493. The molecule has 0 radical (unpaired) electrons. The molecule has 0 aliphatic carbocycles. The van der Waals surface area contributed by atoms with Crippen molar-refractivity contribution in [2.24, 2.45) is 5.92 Å². The Hall–Kier alpha value is -0.630. The van der Waals surface area contributed by atoms with Crippen molar-refractivity contribution in [2.45, 2.75) is 135 Å². The van der Waals surface area contributed by atoms with Gasteiger partial charge in [0, 0.05) is 0 Å². The minimum atomic E-state index is 0.451. The van der Waals surface area contributed by atoms with Gasteiger partial charge in [-0.1, -0.05) is 122 Å². The second-order valence-electron chi connectivity index (χ2n) is 9.25. The lowest BCUT2D eigenvalue weighted by molar-refractivity contribution is 0.378. The largest absolute Gasteiger partial charge is 0.507 e. The molecule has 1 aromatic rings. The highest BCUT2D eigenvalue weighted by Crippen LogP contribution is 2.33. The van der Waals surface area contributed by atoms with Crippen molar-refractivity contribution >= 4 is 11.8 Å². The SMILES string of the molecule is CCCCCCCCCC(CCCCCCCC)CCCSc1c(C)cccc1O. The van der Waals surface area contributed by atoms with Gasteiger partial charge < -0.3 is 5.11 Å². The lowest BCUT2D eigenvalue weighted by Crippen LogP contribution is -2.02. The third-order valence-corrected chi connectivity index (χ3v) is 7.69. The van der Waals surface area contributed by atoms with Crippen molar-refractivity contribution in [1.82, 2.24) is 0 Å². The highest BCUT2D eigenvalue weighted by atomic mass is 32.2. The highest BCUT2D eigenvalue weighted by Gasteiger charge is 2.10. The molecule has 0 amide bonds. The van der Waals surface area contributed by atoms with Crippen LogP contribution in [0.25, 0.3) is 0 Å². The first-order valence-corrected chi connectivity index (χ1v) is 14.1. The van der Waals surface area contributed by atoms with E-state index in [1.54, 1.807) is 0 Å². The number of hydrogen-bond donors (Lipinski definition) is 1. The van der Waals surface area contributed by atoms with Crippen molar-refractivity contribution in [3.05, 3.63) is 23.8 Å². The Balaban J connectivity index is 2.28. The number of unbranched alkanes of at least 4 members (excludes halogenated alkanes) is 11. The first-order valence-electron chi connectivity index (χ1n) is 13.1. The molecule has 1 unspecified atom stereocenters. The van der Waals surface area contributed by atoms with Crippen molar-refractivity contribution in [3.63, 3.8) is 0 Å². The van der Waals surface area contributed by atoms with Crippen LogP contribution in [0.15, 0.2) is 23.1 Å². The molecule has 0 aromatic heterocycles. The monoisotopic (exact) mass is 434 g/mol. The Labute approximate surface area is 192 Å². The average Bonchev–Trinajstić information content (AvgIpc) is 2.74. The minimum absolute atomic E-state index is 0.451. The topological polar surface area (TPSA) is 20.2 Å². The summed E-state index contributed by atoms with van der Waals surface area (Å²) in [5.41, 5.74) is 1.20. The summed E-state index contributed by atoms with van der Waals surface area (Å²) in [6.07, 6.45) is 23.9. The standard InChI is InChI=1S/C28H50OS/c1-4-6-8-10-12-14-16-21-26(20-15-13-11-9-7-5-2)22-18-24-30-28-25(3)19-17-23-27(28)29/h17,19,23,26,29H,4-16,18,20-22,24H2,1-3H3. The molecule has 1 atom stereocenters. The number of rotatable bonds is 20. The Morgan fingerprint density at radius 3 is 1.73 bits per heavy atom. The highest BCUT2D eigenvalue weighted by molar-refractivity contribution is 7.99. The van der Waals surface area contributed by atoms with E-state index in [9.17, 15) is 5.11 Å². The summed E-state index contributed by atoms with van der Waals surface area (Å²) >= 11 is 1.84. The number of aromatic hydroxyl groups is 1. The van der Waals surface area contributed by atoms with Crippen LogP contribution in [0.2, 0.25) is 0 Å². The second-order valence-corrected chi connectivity index (χ2v) is 10.4. The van der Waals surface area contributed by atoms with Crippen LogP contribution in [0.1, 0.15) is 129 Å². The zero-order valence-corrected chi connectivity index (χ0v) is 21.2. The molecule has 0 aliphatic heterocycles. The molecule has 0 bridgehead atoms. The van der Waals surface area contributed by atoms with Gasteiger partial charge in [0.05, 0.1) is 4.90 Å². The van der Waals surface area contributed by atoms with Crippen LogP contribution in [-0.2, 0) is 0 Å². The fourth-order valence-corrected chi connectivity index (χ4v) is 5.43. The molecule has 0 fully saturated rings. The van der Waals surface area contributed by atoms with Gasteiger partial charge in [-0.05, 0) is 43.1 Å². The molecule has 1 N–H and O–H groups in total. The van der Waals surface area contributed by atoms with Gasteiger partial charge in [-0.15, -0.1) is 11.8 Å². The number of thioether (sulfide) groups is 1. The van der Waals surface area contributed by atoms with Gasteiger partial charge in [0.15, 0.2) is 0 Å². The van der Waals surface area contributed by atoms with Crippen LogP contribution in [-0.4, -0.2) is 10.9 Å². The zero-order valence-electron chi connectivity index (χ0n) is 20.4. The molecule has 30 heavy (non-hydrogen) atoms. The van der Waals surface area contributed by atoms with E-state index in [4.69, 9.17) is 0 Å². The molecule has 174 valence electrons. The van der Waals surface area contributed by atoms with E-state index >= 15 is 0 Å². The van der Waals surface area contributed by atoms with Crippen LogP contribution in [0.3, 0.4) is 0 Å². The van der Waals surface area contributed by atoms with Crippen LogP contribution >= 0.6 is 11.8 Å². The average molecular weight is 435 g/mol. The first-order chi connectivity index (χ1) is 14.7. The van der Waals surface area contributed by atoms with E-state index in [1.807, 2.05) is 23.9 Å². The fourth-order valence-electron chi connectivity index (χ4n) is 4.41. The molecule has 0 spiro atoms. The molecule has 1 aromatic carbocycles. The third kappa shape index (κ3) is 13.6. The van der Waals surface area contributed by atoms with Crippen LogP contribution in [0, 0.1) is 12.8 Å². The van der Waals surface area contributed by atoms with E-state index in [1.165, 1.54) is 115 Å². The molecule has 0 saturated heterocycles. The number of hydrogen-bond acceptors (Lipinski definition) is 2. The smallest absolute Gasteiger partial charge is 0.129 e. The quantitative estimate of drug-likeness (QED) is 0.163. The summed E-state index contributed by atoms with van der Waals surface area (Å²) < 4.78 is 0. The lowest BCUT2D eigenvalue weighted by Gasteiger charge is -2.17. The molecule has 0 heterocycles. The molecule has 2 heteroatoms. The summed E-state index contributed by atoms with van der Waals surface area (Å²) in [5, 5.41) is 10.1. The maximum atomic E-state index is 10.1. The van der Waals surface area contributed by atoms with Crippen LogP contribution in [0.4, 0.5) is 0 Å². The van der Waals surface area contributed by atoms with Crippen molar-refractivity contribution in [1.29, 1.82) is 0 Å². The predicted octanol–water partition coefficient (Wildman–Crippen LogP) is 10.1. The Morgan fingerprint density at radius 1 is 0.700 bits per heavy atom. The molecular weight excluding hydrogens is 384 g/mol. The fraction of sp³-hybridized carbons (Fsp3) is 0.786. The van der Waals surface area contributed by atoms with E-state index in [2.05, 4.69) is 26.8 Å². The number of benzene rings is 1. The van der Waals surface area contributed by atoms with Gasteiger partial charge in [0.25, 0.3) is 0 Å². The van der Waals surface area contributed by atoms with Gasteiger partial charge in [0.2, 0.25) is 0 Å². The van der Waals surface area contributed by atoms with Crippen molar-refractivity contribution < 1.29 is 5.11 Å². The van der Waals surface area contributed by atoms with Gasteiger partial charge in [0.1, 0.15) is 5.75 Å². The van der Waals surface area contributed by atoms with Crippen molar-refractivity contribution in [3.8, 4) is 5.75 Å². The van der Waals surface area contributed by atoms with E-state index < -0.39 is 0 Å². The Morgan fingerprint density at radius 2 is 1.20 bits per heavy atom. The molecule has 1 rings (SSSR count). The van der Waals surface area contributed by atoms with Gasteiger partial charge >= 0.3 is 0 Å². The van der Waals surface area contributed by atoms with Gasteiger partial charge in [-0.2, -0.15) is 0 Å². The zero-order chi connectivity index (χ0) is 21.9. The summed E-state index contributed by atoms with van der Waals surface area (Å²) in [6, 6.07) is 5.86. The summed E-state index contributed by atoms with van der Waals surface area (Å²) in [4.78, 5) is 1.08. The number of aryl methyl sites for hydroxylation is 1. The minimum Gasteiger partial charge on any atom is -0.507 e. The number of phenolic OH excluding ortho intramolecular Hbond substituents is 1. The molecule has 1 nitrogen and oxygen atoms in total. The van der Waals surface area contributed by atoms with Gasteiger partial charge in [-0.25, -0.2) is 0 Å². The normalized spacial score (nSPS) is 12.4. The molecular formula is C28H50OS. The van der Waals surface area contributed by atoms with Crippen LogP contribution in [0.5, 0.6) is 5.75 Å². The summed E-state index contributed by atoms with van der Waals surface area (Å²) in [7, 11) is 0. The van der Waals surface area contributed by atoms with E-state index in [0.717, 1.165) is 16.6 Å². The van der Waals surface area contributed by atoms with Crippen LogP contribution < -0.4 is 0 Å². The maximum Gasteiger partial charge on any atom is 0.129 e. The van der Waals surface area contributed by atoms with Crippen molar-refractivity contribution in [2.75, 3.05) is 5.75 Å². The number of phenols is 1.